The summed E-state index contributed by atoms with van der Waals surface area (Å²) in [4.78, 5) is 4.16. The minimum absolute atomic E-state index is 0. The molecule has 0 saturated heterocycles. The molecule has 1 unspecified atom stereocenters. The third-order valence-corrected chi connectivity index (χ3v) is 3.68. The van der Waals surface area contributed by atoms with Crippen LogP contribution in [-0.2, 0) is 5.60 Å². The summed E-state index contributed by atoms with van der Waals surface area (Å²) in [6, 6.07) is 10.8. The number of nitrogens with two attached hydrogens (primary N) is 1. The van der Waals surface area contributed by atoms with Gasteiger partial charge >= 0.3 is 0 Å². The average molecular weight is 475 g/mol. The van der Waals surface area contributed by atoms with Gasteiger partial charge in [0.05, 0.1) is 20.8 Å². The number of hydrogen-bond acceptors (Lipinski definition) is 4. The summed E-state index contributed by atoms with van der Waals surface area (Å²) in [7, 11) is 3.09. The molecular weight excluding hydrogens is 452 g/mol. The highest BCUT2D eigenvalue weighted by Gasteiger charge is 2.22. The molecule has 0 heterocycles. The maximum absolute atomic E-state index is 13.0. The molecule has 142 valence electrons. The molecule has 8 heteroatoms. The van der Waals surface area contributed by atoms with Gasteiger partial charge in [0.25, 0.3) is 0 Å². The van der Waals surface area contributed by atoms with Crippen molar-refractivity contribution in [2.24, 2.45) is 10.7 Å². The number of halogens is 2. The van der Waals surface area contributed by atoms with E-state index >= 15 is 0 Å². The van der Waals surface area contributed by atoms with Gasteiger partial charge in [0.15, 0.2) is 17.5 Å². The molecule has 0 spiro atoms. The Hall–Kier alpha value is -2.07. The number of nitrogens with zero attached hydrogens (tertiary/aromatic N) is 1. The van der Waals surface area contributed by atoms with Gasteiger partial charge in [-0.25, -0.2) is 9.38 Å². The van der Waals surface area contributed by atoms with Gasteiger partial charge in [-0.1, -0.05) is 12.1 Å². The molecule has 4 N–H and O–H groups in total. The summed E-state index contributed by atoms with van der Waals surface area (Å²) in [5.74, 6) is 0.925. The van der Waals surface area contributed by atoms with E-state index in [1.807, 2.05) is 0 Å². The number of rotatable bonds is 6. The van der Waals surface area contributed by atoms with Crippen molar-refractivity contribution in [3.8, 4) is 11.5 Å². The number of guanidine groups is 1. The van der Waals surface area contributed by atoms with Crippen LogP contribution in [0.1, 0.15) is 12.5 Å². The normalized spacial score (nSPS) is 13.3. The first-order valence-corrected chi connectivity index (χ1v) is 7.63. The lowest BCUT2D eigenvalue weighted by Crippen LogP contribution is -2.29. The molecular formula is C18H23FIN3O3. The zero-order valence-corrected chi connectivity index (χ0v) is 17.2. The quantitative estimate of drug-likeness (QED) is 0.340. The lowest BCUT2D eigenvalue weighted by molar-refractivity contribution is 0.0673. The lowest BCUT2D eigenvalue weighted by atomic mass is 9.96. The highest BCUT2D eigenvalue weighted by Crippen LogP contribution is 2.29. The summed E-state index contributed by atoms with van der Waals surface area (Å²) >= 11 is 0. The smallest absolute Gasteiger partial charge is 0.193 e. The number of nitrogens with one attached hydrogen (secondary N) is 1. The van der Waals surface area contributed by atoms with Gasteiger partial charge in [-0.05, 0) is 36.8 Å². The Labute approximate surface area is 169 Å². The number of ether oxygens (including phenoxy) is 2. The van der Waals surface area contributed by atoms with Crippen LogP contribution >= 0.6 is 24.0 Å². The Morgan fingerprint density at radius 1 is 1.15 bits per heavy atom. The van der Waals surface area contributed by atoms with E-state index in [4.69, 9.17) is 15.2 Å². The van der Waals surface area contributed by atoms with E-state index in [2.05, 4.69) is 10.3 Å². The van der Waals surface area contributed by atoms with Crippen LogP contribution in [0.15, 0.2) is 47.5 Å². The first-order chi connectivity index (χ1) is 11.9. The Balaban J connectivity index is 0.00000338. The van der Waals surface area contributed by atoms with Gasteiger partial charge < -0.3 is 25.6 Å². The van der Waals surface area contributed by atoms with Gasteiger partial charge in [-0.2, -0.15) is 0 Å². The van der Waals surface area contributed by atoms with Crippen LogP contribution in [0, 0.1) is 5.82 Å². The summed E-state index contributed by atoms with van der Waals surface area (Å²) in [6.45, 7) is 1.61. The summed E-state index contributed by atoms with van der Waals surface area (Å²) in [5.41, 5.74) is 5.83. The largest absolute Gasteiger partial charge is 0.493 e. The van der Waals surface area contributed by atoms with Crippen molar-refractivity contribution in [3.05, 3.63) is 53.8 Å². The molecule has 2 aromatic carbocycles. The van der Waals surface area contributed by atoms with E-state index in [-0.39, 0.29) is 42.3 Å². The van der Waals surface area contributed by atoms with E-state index in [0.717, 1.165) is 0 Å². The zero-order valence-electron chi connectivity index (χ0n) is 14.8. The van der Waals surface area contributed by atoms with Crippen molar-refractivity contribution in [1.29, 1.82) is 0 Å². The monoisotopic (exact) mass is 475 g/mol. The van der Waals surface area contributed by atoms with Gasteiger partial charge in [0.1, 0.15) is 11.4 Å². The number of methoxy groups -OCH3 is 2. The van der Waals surface area contributed by atoms with E-state index in [0.29, 0.717) is 22.7 Å². The molecule has 0 aliphatic heterocycles. The van der Waals surface area contributed by atoms with Crippen LogP contribution in [0.2, 0.25) is 0 Å². The molecule has 2 aromatic rings. The maximum atomic E-state index is 13.0. The first kappa shape index (κ1) is 22.0. The lowest BCUT2D eigenvalue weighted by Gasteiger charge is -2.22. The molecule has 0 saturated carbocycles. The van der Waals surface area contributed by atoms with Gasteiger partial charge in [0.2, 0.25) is 0 Å². The Morgan fingerprint density at radius 2 is 1.77 bits per heavy atom. The third kappa shape index (κ3) is 5.73. The molecule has 26 heavy (non-hydrogen) atoms. The molecule has 2 rings (SSSR count). The Kier molecular flexibility index (Phi) is 8.09. The van der Waals surface area contributed by atoms with Crippen molar-refractivity contribution in [2.75, 3.05) is 26.1 Å². The predicted molar refractivity (Wildman–Crippen MR) is 111 cm³/mol. The highest BCUT2D eigenvalue weighted by atomic mass is 127. The molecule has 0 radical (unpaired) electrons. The number of hydrogen-bond donors (Lipinski definition) is 3. The number of aliphatic imine (C=N–C) groups is 1. The van der Waals surface area contributed by atoms with Crippen LogP contribution in [-0.4, -0.2) is 31.8 Å². The standard InChI is InChI=1S/C18H22FN3O3.HI/c1-18(23,12-4-6-13(19)7-5-12)11-21-17(20)22-14-8-9-15(24-2)16(10-14)25-3;/h4-10,23H,11H2,1-3H3,(H3,20,21,22);1H. The van der Waals surface area contributed by atoms with E-state index in [1.54, 1.807) is 39.3 Å². The summed E-state index contributed by atoms with van der Waals surface area (Å²) < 4.78 is 23.4. The Bertz CT molecular complexity index is 752. The predicted octanol–water partition coefficient (Wildman–Crippen LogP) is 3.10. The number of anilines is 1. The molecule has 1 atom stereocenters. The van der Waals surface area contributed by atoms with Crippen molar-refractivity contribution < 1.29 is 19.0 Å². The molecule has 0 aromatic heterocycles. The van der Waals surface area contributed by atoms with E-state index in [9.17, 15) is 9.50 Å². The van der Waals surface area contributed by atoms with E-state index in [1.165, 1.54) is 24.3 Å². The fourth-order valence-corrected chi connectivity index (χ4v) is 2.24. The number of benzene rings is 2. The molecule has 0 bridgehead atoms. The van der Waals surface area contributed by atoms with E-state index < -0.39 is 5.60 Å². The molecule has 0 fully saturated rings. The van der Waals surface area contributed by atoms with Gasteiger partial charge in [-0.15, -0.1) is 24.0 Å². The zero-order chi connectivity index (χ0) is 18.4. The van der Waals surface area contributed by atoms with Crippen molar-refractivity contribution in [1.82, 2.24) is 0 Å². The van der Waals surface area contributed by atoms with Crippen LogP contribution in [0.25, 0.3) is 0 Å². The summed E-state index contributed by atoms with van der Waals surface area (Å²) in [5, 5.41) is 13.4. The molecule has 0 amide bonds. The van der Waals surface area contributed by atoms with Crippen LogP contribution in [0.5, 0.6) is 11.5 Å². The van der Waals surface area contributed by atoms with Crippen LogP contribution in [0.4, 0.5) is 10.1 Å². The second-order valence-electron chi connectivity index (χ2n) is 5.68. The van der Waals surface area contributed by atoms with Gasteiger partial charge in [0, 0.05) is 11.8 Å². The molecule has 6 nitrogen and oxygen atoms in total. The van der Waals surface area contributed by atoms with Crippen molar-refractivity contribution in [3.63, 3.8) is 0 Å². The summed E-state index contributed by atoms with van der Waals surface area (Å²) in [6.07, 6.45) is 0. The first-order valence-electron chi connectivity index (χ1n) is 7.63. The SMILES string of the molecule is COc1ccc(NC(N)=NCC(C)(O)c2ccc(F)cc2)cc1OC.I. The highest BCUT2D eigenvalue weighted by molar-refractivity contribution is 14.0. The minimum Gasteiger partial charge on any atom is -0.493 e. The average Bonchev–Trinajstić information content (AvgIpc) is 2.60. The van der Waals surface area contributed by atoms with Gasteiger partial charge in [-0.3, -0.25) is 0 Å². The van der Waals surface area contributed by atoms with Crippen molar-refractivity contribution >= 4 is 35.6 Å². The second-order valence-corrected chi connectivity index (χ2v) is 5.68. The fourth-order valence-electron chi connectivity index (χ4n) is 2.24. The molecule has 0 aliphatic carbocycles. The van der Waals surface area contributed by atoms with Crippen LogP contribution < -0.4 is 20.5 Å². The van der Waals surface area contributed by atoms with Crippen molar-refractivity contribution in [2.45, 2.75) is 12.5 Å². The maximum Gasteiger partial charge on any atom is 0.193 e. The molecule has 0 aliphatic rings. The van der Waals surface area contributed by atoms with Crippen LogP contribution in [0.3, 0.4) is 0 Å². The third-order valence-electron chi connectivity index (χ3n) is 3.68. The Morgan fingerprint density at radius 3 is 2.35 bits per heavy atom. The fraction of sp³-hybridized carbons (Fsp3) is 0.278. The number of aliphatic hydroxyl groups is 1. The topological polar surface area (TPSA) is 89.1 Å². The minimum atomic E-state index is -1.27. The second kappa shape index (κ2) is 9.58.